The van der Waals surface area contributed by atoms with Gasteiger partial charge in [-0.15, -0.1) is 0 Å². The largest absolute Gasteiger partial charge is 0.486 e. The zero-order valence-electron chi connectivity index (χ0n) is 16.0. The molecule has 1 unspecified atom stereocenters. The van der Waals surface area contributed by atoms with E-state index < -0.39 is 0 Å². The molecule has 1 aliphatic heterocycles. The summed E-state index contributed by atoms with van der Waals surface area (Å²) < 4.78 is 13.1. The second kappa shape index (κ2) is 7.10. The van der Waals surface area contributed by atoms with Gasteiger partial charge in [0.2, 0.25) is 5.91 Å². The van der Waals surface area contributed by atoms with Crippen LogP contribution in [0.3, 0.4) is 0 Å². The van der Waals surface area contributed by atoms with Crippen LogP contribution in [0.2, 0.25) is 0 Å². The van der Waals surface area contributed by atoms with Gasteiger partial charge in [0, 0.05) is 24.4 Å². The van der Waals surface area contributed by atoms with Crippen LogP contribution >= 0.6 is 0 Å². The number of hydrogen-bond acceptors (Lipinski definition) is 4. The van der Waals surface area contributed by atoms with Gasteiger partial charge in [-0.25, -0.2) is 0 Å². The number of rotatable bonds is 5. The third-order valence-electron chi connectivity index (χ3n) is 5.28. The first-order valence-electron chi connectivity index (χ1n) is 9.41. The van der Waals surface area contributed by atoms with Crippen molar-refractivity contribution >= 4 is 12.0 Å². The normalized spacial score (nSPS) is 17.1. The van der Waals surface area contributed by atoms with Crippen LogP contribution in [0.15, 0.2) is 24.3 Å². The Bertz CT molecular complexity index is 896. The third kappa shape index (κ3) is 3.70. The minimum Gasteiger partial charge on any atom is -0.486 e. The third-order valence-corrected chi connectivity index (χ3v) is 5.28. The quantitative estimate of drug-likeness (QED) is 0.825. The Hall–Kier alpha value is -2.76. The SMILES string of the molecule is Cc1nn(C)c(C)c1/C=C/C(=O)NC(c1ccc2c(c1)OCCO2)C1CC1. The first kappa shape index (κ1) is 17.6. The van der Waals surface area contributed by atoms with Gasteiger partial charge in [0.15, 0.2) is 11.5 Å². The number of fused-ring (bicyclic) bond motifs is 1. The van der Waals surface area contributed by atoms with Crippen LogP contribution in [-0.2, 0) is 11.8 Å². The lowest BCUT2D eigenvalue weighted by Crippen LogP contribution is -2.28. The van der Waals surface area contributed by atoms with Gasteiger partial charge in [-0.05, 0) is 56.4 Å². The van der Waals surface area contributed by atoms with Crippen LogP contribution in [0.25, 0.3) is 6.08 Å². The lowest BCUT2D eigenvalue weighted by molar-refractivity contribution is -0.117. The van der Waals surface area contributed by atoms with Gasteiger partial charge in [0.05, 0.1) is 11.7 Å². The monoisotopic (exact) mass is 367 g/mol. The molecule has 6 heteroatoms. The van der Waals surface area contributed by atoms with Crippen LogP contribution in [0, 0.1) is 19.8 Å². The molecule has 1 atom stereocenters. The maximum absolute atomic E-state index is 12.6. The molecule has 0 bridgehead atoms. The summed E-state index contributed by atoms with van der Waals surface area (Å²) >= 11 is 0. The molecule has 27 heavy (non-hydrogen) atoms. The minimum atomic E-state index is -0.0931. The van der Waals surface area contributed by atoms with E-state index in [1.807, 2.05) is 49.9 Å². The fourth-order valence-corrected chi connectivity index (χ4v) is 3.55. The Morgan fingerprint density at radius 1 is 1.26 bits per heavy atom. The highest BCUT2D eigenvalue weighted by Crippen LogP contribution is 2.43. The number of aromatic nitrogens is 2. The lowest BCUT2D eigenvalue weighted by Gasteiger charge is -2.22. The molecule has 4 rings (SSSR count). The predicted octanol–water partition coefficient (Wildman–Crippen LogP) is 3.09. The van der Waals surface area contributed by atoms with Crippen LogP contribution in [-0.4, -0.2) is 28.9 Å². The summed E-state index contributed by atoms with van der Waals surface area (Å²) in [7, 11) is 1.91. The van der Waals surface area contributed by atoms with E-state index in [1.54, 1.807) is 6.08 Å². The number of aryl methyl sites for hydroxylation is 2. The maximum atomic E-state index is 12.6. The highest BCUT2D eigenvalue weighted by molar-refractivity contribution is 5.92. The summed E-state index contributed by atoms with van der Waals surface area (Å²) in [6.07, 6.45) is 5.71. The van der Waals surface area contributed by atoms with Crippen molar-refractivity contribution in [2.75, 3.05) is 13.2 Å². The second-order valence-electron chi connectivity index (χ2n) is 7.27. The van der Waals surface area contributed by atoms with Crippen molar-refractivity contribution in [3.05, 3.63) is 46.8 Å². The molecule has 2 aliphatic rings. The van der Waals surface area contributed by atoms with Crippen molar-refractivity contribution in [1.29, 1.82) is 0 Å². The standard InChI is InChI=1S/C21H25N3O3/c1-13-17(14(2)24(3)23-13)7-9-20(25)22-21(15-4-5-15)16-6-8-18-19(12-16)27-11-10-26-18/h6-9,12,15,21H,4-5,10-11H2,1-3H3,(H,22,25)/b9-7+. The molecule has 0 radical (unpaired) electrons. The number of amides is 1. The molecule has 1 N–H and O–H groups in total. The fourth-order valence-electron chi connectivity index (χ4n) is 3.55. The van der Waals surface area contributed by atoms with Crippen molar-refractivity contribution in [3.8, 4) is 11.5 Å². The Kier molecular flexibility index (Phi) is 4.64. The smallest absolute Gasteiger partial charge is 0.244 e. The van der Waals surface area contributed by atoms with Crippen molar-refractivity contribution < 1.29 is 14.3 Å². The molecule has 1 aromatic heterocycles. The molecule has 1 amide bonds. The van der Waals surface area contributed by atoms with E-state index in [2.05, 4.69) is 10.4 Å². The molecule has 2 aromatic rings. The molecular weight excluding hydrogens is 342 g/mol. The molecule has 0 spiro atoms. The van der Waals surface area contributed by atoms with Gasteiger partial charge in [0.25, 0.3) is 0 Å². The number of nitrogens with one attached hydrogen (secondary N) is 1. The van der Waals surface area contributed by atoms with Crippen LogP contribution < -0.4 is 14.8 Å². The van der Waals surface area contributed by atoms with E-state index >= 15 is 0 Å². The average Bonchev–Trinajstić information content (AvgIpc) is 3.47. The van der Waals surface area contributed by atoms with Gasteiger partial charge < -0.3 is 14.8 Å². The summed E-state index contributed by atoms with van der Waals surface area (Å²) in [5.41, 5.74) is 4.03. The topological polar surface area (TPSA) is 65.4 Å². The molecule has 142 valence electrons. The average molecular weight is 367 g/mol. The predicted molar refractivity (Wildman–Crippen MR) is 103 cm³/mol. The number of hydrogen-bond donors (Lipinski definition) is 1. The zero-order valence-corrected chi connectivity index (χ0v) is 16.0. The molecule has 1 saturated carbocycles. The highest BCUT2D eigenvalue weighted by atomic mass is 16.6. The fraction of sp³-hybridized carbons (Fsp3) is 0.429. The van der Waals surface area contributed by atoms with E-state index in [0.717, 1.165) is 46.9 Å². The first-order valence-corrected chi connectivity index (χ1v) is 9.41. The molecular formula is C21H25N3O3. The summed E-state index contributed by atoms with van der Waals surface area (Å²) in [5.74, 6) is 1.92. The molecule has 1 aromatic carbocycles. The summed E-state index contributed by atoms with van der Waals surface area (Å²) in [4.78, 5) is 12.6. The zero-order chi connectivity index (χ0) is 19.0. The summed E-state index contributed by atoms with van der Waals surface area (Å²) in [6, 6.07) is 5.95. The molecule has 1 fully saturated rings. The van der Waals surface area contributed by atoms with Crippen LogP contribution in [0.5, 0.6) is 11.5 Å². The van der Waals surface area contributed by atoms with Crippen molar-refractivity contribution in [2.24, 2.45) is 13.0 Å². The van der Waals surface area contributed by atoms with Gasteiger partial charge >= 0.3 is 0 Å². The molecule has 6 nitrogen and oxygen atoms in total. The molecule has 2 heterocycles. The van der Waals surface area contributed by atoms with Crippen molar-refractivity contribution in [1.82, 2.24) is 15.1 Å². The Morgan fingerprint density at radius 3 is 2.67 bits per heavy atom. The number of carbonyl (C=O) groups is 1. The van der Waals surface area contributed by atoms with Gasteiger partial charge in [0.1, 0.15) is 13.2 Å². The Morgan fingerprint density at radius 2 is 2.00 bits per heavy atom. The van der Waals surface area contributed by atoms with Gasteiger partial charge in [-0.1, -0.05) is 6.07 Å². The molecule has 1 aliphatic carbocycles. The van der Waals surface area contributed by atoms with E-state index in [0.29, 0.717) is 19.1 Å². The number of ether oxygens (including phenoxy) is 2. The highest BCUT2D eigenvalue weighted by Gasteiger charge is 2.33. The second-order valence-corrected chi connectivity index (χ2v) is 7.27. The van der Waals surface area contributed by atoms with Crippen LogP contribution in [0.1, 0.15) is 41.4 Å². The number of carbonyl (C=O) groups excluding carboxylic acids is 1. The van der Waals surface area contributed by atoms with E-state index in [9.17, 15) is 4.79 Å². The van der Waals surface area contributed by atoms with Crippen LogP contribution in [0.4, 0.5) is 0 Å². The van der Waals surface area contributed by atoms with Crippen molar-refractivity contribution in [2.45, 2.75) is 32.7 Å². The number of benzene rings is 1. The summed E-state index contributed by atoms with van der Waals surface area (Å²) in [6.45, 7) is 5.09. The van der Waals surface area contributed by atoms with Crippen molar-refractivity contribution in [3.63, 3.8) is 0 Å². The molecule has 0 saturated heterocycles. The minimum absolute atomic E-state index is 0.00549. The lowest BCUT2D eigenvalue weighted by atomic mass is 10.0. The van der Waals surface area contributed by atoms with Gasteiger partial charge in [-0.3, -0.25) is 9.48 Å². The Labute approximate surface area is 159 Å². The van der Waals surface area contributed by atoms with E-state index in [4.69, 9.17) is 9.47 Å². The van der Waals surface area contributed by atoms with E-state index in [-0.39, 0.29) is 11.9 Å². The van der Waals surface area contributed by atoms with E-state index in [1.165, 1.54) is 0 Å². The summed E-state index contributed by atoms with van der Waals surface area (Å²) in [5, 5.41) is 7.55. The number of nitrogens with zero attached hydrogens (tertiary/aromatic N) is 2. The van der Waals surface area contributed by atoms with Gasteiger partial charge in [-0.2, -0.15) is 5.10 Å². The maximum Gasteiger partial charge on any atom is 0.244 e. The Balaban J connectivity index is 1.50. The first-order chi connectivity index (χ1) is 13.0.